The maximum Gasteiger partial charge on any atom is 0.232 e. The highest BCUT2D eigenvalue weighted by molar-refractivity contribution is 7.80. The Morgan fingerprint density at radius 2 is 1.70 bits per heavy atom. The summed E-state index contributed by atoms with van der Waals surface area (Å²) in [4.78, 5) is 12.1. The van der Waals surface area contributed by atoms with E-state index >= 15 is 0 Å². The summed E-state index contributed by atoms with van der Waals surface area (Å²) >= 11 is 8.20. The molecule has 0 unspecified atom stereocenters. The number of thiol groups is 2. The predicted molar refractivity (Wildman–Crippen MR) is 84.2 cm³/mol. The molecule has 0 atom stereocenters. The number of rotatable bonds is 4. The van der Waals surface area contributed by atoms with Crippen LogP contribution < -0.4 is 5.32 Å². The number of para-hydroxylation sites is 1. The predicted octanol–water partition coefficient (Wildman–Crippen LogP) is 2.46. The van der Waals surface area contributed by atoms with E-state index in [2.05, 4.69) is 45.5 Å². The van der Waals surface area contributed by atoms with Crippen molar-refractivity contribution in [2.75, 3.05) is 11.9 Å². The lowest BCUT2D eigenvalue weighted by Crippen LogP contribution is -2.23. The van der Waals surface area contributed by atoms with E-state index in [0.717, 1.165) is 11.3 Å². The second kappa shape index (κ2) is 5.99. The lowest BCUT2D eigenvalue weighted by molar-refractivity contribution is 0.219. The smallest absolute Gasteiger partial charge is 0.232 e. The highest BCUT2D eigenvalue weighted by atomic mass is 32.1. The summed E-state index contributed by atoms with van der Waals surface area (Å²) in [6.45, 7) is 3.97. The molecular formula is C13H16N4OS2. The second-order valence-electron chi connectivity index (χ2n) is 4.97. The number of benzene rings is 1. The maximum absolute atomic E-state index is 9.53. The SMILES string of the molecule is CC(C)(CO)c1ccccc1Nc1nc(S)nc(S)n1. The van der Waals surface area contributed by atoms with E-state index in [9.17, 15) is 5.11 Å². The number of anilines is 2. The molecule has 0 aliphatic rings. The topological polar surface area (TPSA) is 70.9 Å². The van der Waals surface area contributed by atoms with Crippen LogP contribution in [0.5, 0.6) is 0 Å². The van der Waals surface area contributed by atoms with Gasteiger partial charge in [0.25, 0.3) is 0 Å². The van der Waals surface area contributed by atoms with E-state index in [1.807, 2.05) is 38.1 Å². The number of aliphatic hydroxyl groups is 1. The summed E-state index contributed by atoms with van der Waals surface area (Å²) in [5.74, 6) is 0.371. The number of aliphatic hydroxyl groups excluding tert-OH is 1. The molecule has 5 nitrogen and oxygen atoms in total. The van der Waals surface area contributed by atoms with Crippen LogP contribution in [0.15, 0.2) is 34.6 Å². The second-order valence-corrected chi connectivity index (χ2v) is 5.77. The van der Waals surface area contributed by atoms with Crippen LogP contribution in [0.4, 0.5) is 11.6 Å². The van der Waals surface area contributed by atoms with Crippen molar-refractivity contribution in [2.45, 2.75) is 29.6 Å². The van der Waals surface area contributed by atoms with Crippen molar-refractivity contribution in [2.24, 2.45) is 0 Å². The number of hydrogen-bond acceptors (Lipinski definition) is 7. The Hall–Kier alpha value is -1.31. The van der Waals surface area contributed by atoms with E-state index in [1.165, 1.54) is 0 Å². The van der Waals surface area contributed by atoms with Crippen molar-refractivity contribution in [3.05, 3.63) is 29.8 Å². The van der Waals surface area contributed by atoms with Crippen LogP contribution in [-0.2, 0) is 5.41 Å². The van der Waals surface area contributed by atoms with Gasteiger partial charge in [-0.15, -0.1) is 25.3 Å². The van der Waals surface area contributed by atoms with Crippen molar-refractivity contribution >= 4 is 36.9 Å². The highest BCUT2D eigenvalue weighted by Gasteiger charge is 2.22. The largest absolute Gasteiger partial charge is 0.395 e. The van der Waals surface area contributed by atoms with Gasteiger partial charge in [0.05, 0.1) is 6.61 Å². The summed E-state index contributed by atoms with van der Waals surface area (Å²) in [6, 6.07) is 7.71. The van der Waals surface area contributed by atoms with E-state index in [4.69, 9.17) is 0 Å². The van der Waals surface area contributed by atoms with Gasteiger partial charge in [0.15, 0.2) is 10.3 Å². The molecule has 1 aromatic carbocycles. The van der Waals surface area contributed by atoms with Gasteiger partial charge in [0.2, 0.25) is 5.95 Å². The average molecular weight is 308 g/mol. The van der Waals surface area contributed by atoms with Gasteiger partial charge in [-0.3, -0.25) is 0 Å². The first-order valence-corrected chi connectivity index (χ1v) is 6.93. The zero-order valence-electron chi connectivity index (χ0n) is 11.2. The molecular weight excluding hydrogens is 292 g/mol. The standard InChI is InChI=1S/C13H16N4OS2/c1-13(2,7-18)8-5-3-4-6-9(8)14-10-15-11(19)17-12(20)16-10/h3-6,18H,7H2,1-2H3,(H3,14,15,16,17,19,20). The molecule has 0 bridgehead atoms. The van der Waals surface area contributed by atoms with Crippen molar-refractivity contribution in [3.63, 3.8) is 0 Å². The molecule has 0 spiro atoms. The van der Waals surface area contributed by atoms with Crippen LogP contribution >= 0.6 is 25.3 Å². The quantitative estimate of drug-likeness (QED) is 0.653. The minimum atomic E-state index is -0.371. The van der Waals surface area contributed by atoms with Gasteiger partial charge in [0, 0.05) is 11.1 Å². The minimum Gasteiger partial charge on any atom is -0.395 e. The van der Waals surface area contributed by atoms with Crippen LogP contribution in [0.1, 0.15) is 19.4 Å². The molecule has 2 rings (SSSR count). The van der Waals surface area contributed by atoms with Gasteiger partial charge < -0.3 is 10.4 Å². The van der Waals surface area contributed by atoms with Gasteiger partial charge in [-0.2, -0.15) is 15.0 Å². The van der Waals surface area contributed by atoms with E-state index in [1.54, 1.807) is 0 Å². The Bertz CT molecular complexity index is 599. The van der Waals surface area contributed by atoms with Gasteiger partial charge in [-0.05, 0) is 11.6 Å². The lowest BCUT2D eigenvalue weighted by atomic mass is 9.84. The first-order valence-electron chi connectivity index (χ1n) is 6.04. The fourth-order valence-corrected chi connectivity index (χ4v) is 2.26. The molecule has 0 aliphatic carbocycles. The summed E-state index contributed by atoms with van der Waals surface area (Å²) < 4.78 is 0. The molecule has 0 aliphatic heterocycles. The number of hydrogen-bond donors (Lipinski definition) is 4. The molecule has 0 amide bonds. The molecule has 1 aromatic heterocycles. The third-order valence-electron chi connectivity index (χ3n) is 2.91. The van der Waals surface area contributed by atoms with Crippen LogP contribution in [0.3, 0.4) is 0 Å². The fraction of sp³-hybridized carbons (Fsp3) is 0.308. The average Bonchev–Trinajstić information content (AvgIpc) is 2.38. The molecule has 0 saturated carbocycles. The first-order chi connectivity index (χ1) is 9.42. The molecule has 20 heavy (non-hydrogen) atoms. The summed E-state index contributed by atoms with van der Waals surface area (Å²) in [7, 11) is 0. The van der Waals surface area contributed by atoms with Gasteiger partial charge in [-0.25, -0.2) is 0 Å². The molecule has 0 saturated heterocycles. The number of aromatic nitrogens is 3. The van der Waals surface area contributed by atoms with Gasteiger partial charge in [-0.1, -0.05) is 32.0 Å². The van der Waals surface area contributed by atoms with Crippen molar-refractivity contribution in [1.82, 2.24) is 15.0 Å². The Labute approximate surface area is 128 Å². The van der Waals surface area contributed by atoms with E-state index in [-0.39, 0.29) is 12.0 Å². The lowest BCUT2D eigenvalue weighted by Gasteiger charge is -2.25. The molecule has 1 heterocycles. The molecule has 106 valence electrons. The normalized spacial score (nSPS) is 11.4. The Morgan fingerprint density at radius 1 is 1.10 bits per heavy atom. The molecule has 0 fully saturated rings. The zero-order valence-corrected chi connectivity index (χ0v) is 13.0. The minimum absolute atomic E-state index is 0.0402. The molecule has 0 radical (unpaired) electrons. The zero-order chi connectivity index (χ0) is 14.8. The first kappa shape index (κ1) is 15.1. The van der Waals surface area contributed by atoms with Gasteiger partial charge in [0.1, 0.15) is 0 Å². The Balaban J connectivity index is 2.39. The summed E-state index contributed by atoms with van der Waals surface area (Å²) in [5.41, 5.74) is 1.44. The maximum atomic E-state index is 9.53. The van der Waals surface area contributed by atoms with Crippen LogP contribution in [0, 0.1) is 0 Å². The van der Waals surface area contributed by atoms with Crippen molar-refractivity contribution < 1.29 is 5.11 Å². The third kappa shape index (κ3) is 3.41. The fourth-order valence-electron chi connectivity index (χ4n) is 1.80. The van der Waals surface area contributed by atoms with Crippen molar-refractivity contribution in [3.8, 4) is 0 Å². The van der Waals surface area contributed by atoms with E-state index < -0.39 is 0 Å². The summed E-state index contributed by atoms with van der Waals surface area (Å²) in [5, 5.41) is 13.3. The number of nitrogens with one attached hydrogen (secondary N) is 1. The van der Waals surface area contributed by atoms with Crippen LogP contribution in [-0.4, -0.2) is 26.7 Å². The molecule has 7 heteroatoms. The third-order valence-corrected chi connectivity index (χ3v) is 3.31. The van der Waals surface area contributed by atoms with Crippen molar-refractivity contribution in [1.29, 1.82) is 0 Å². The molecule has 2 N–H and O–H groups in total. The molecule has 2 aromatic rings. The Kier molecular flexibility index (Phi) is 4.52. The van der Waals surface area contributed by atoms with Gasteiger partial charge >= 0.3 is 0 Å². The van der Waals surface area contributed by atoms with E-state index in [0.29, 0.717) is 16.3 Å². The highest BCUT2D eigenvalue weighted by Crippen LogP contribution is 2.30. The van der Waals surface area contributed by atoms with Crippen LogP contribution in [0.2, 0.25) is 0 Å². The van der Waals surface area contributed by atoms with Crippen LogP contribution in [0.25, 0.3) is 0 Å². The Morgan fingerprint density at radius 3 is 2.30 bits per heavy atom. The monoisotopic (exact) mass is 308 g/mol. The summed E-state index contributed by atoms with van der Waals surface area (Å²) in [6.07, 6.45) is 0. The number of nitrogens with zero attached hydrogens (tertiary/aromatic N) is 3.